The summed E-state index contributed by atoms with van der Waals surface area (Å²) in [6.07, 6.45) is 8.36. The average Bonchev–Trinajstić information content (AvgIpc) is 2.42. The van der Waals surface area contributed by atoms with Crippen molar-refractivity contribution in [2.45, 2.75) is 52.1 Å². The predicted octanol–water partition coefficient (Wildman–Crippen LogP) is 3.73. The standard InChI is InChI=1S/C11H14N2O3.C2H6/c14-13(15)10-8-12-7-6-11(10)16-9-4-2-1-3-5-9;1-2/h6-9H,1-5H2;1-2H3. The van der Waals surface area contributed by atoms with Crippen molar-refractivity contribution < 1.29 is 9.66 Å². The van der Waals surface area contributed by atoms with Crippen LogP contribution in [0.2, 0.25) is 0 Å². The topological polar surface area (TPSA) is 65.3 Å². The van der Waals surface area contributed by atoms with Gasteiger partial charge >= 0.3 is 5.69 Å². The molecule has 1 fully saturated rings. The highest BCUT2D eigenvalue weighted by Gasteiger charge is 2.20. The van der Waals surface area contributed by atoms with Gasteiger partial charge in [-0.15, -0.1) is 0 Å². The van der Waals surface area contributed by atoms with Crippen LogP contribution < -0.4 is 4.74 Å². The monoisotopic (exact) mass is 252 g/mol. The minimum atomic E-state index is -0.453. The minimum absolute atomic E-state index is 0.0481. The normalized spacial score (nSPS) is 15.4. The molecule has 1 aromatic rings. The van der Waals surface area contributed by atoms with E-state index in [1.807, 2.05) is 13.8 Å². The van der Waals surface area contributed by atoms with Crippen LogP contribution in [0.3, 0.4) is 0 Å². The zero-order valence-corrected chi connectivity index (χ0v) is 11.0. The molecule has 0 saturated heterocycles. The Morgan fingerprint density at radius 1 is 1.33 bits per heavy atom. The number of hydrogen-bond acceptors (Lipinski definition) is 4. The minimum Gasteiger partial charge on any atom is -0.483 e. The summed E-state index contributed by atoms with van der Waals surface area (Å²) in [6.45, 7) is 4.00. The number of aromatic nitrogens is 1. The lowest BCUT2D eigenvalue weighted by Crippen LogP contribution is -2.20. The third kappa shape index (κ3) is 3.98. The number of rotatable bonds is 3. The summed E-state index contributed by atoms with van der Waals surface area (Å²) in [5.41, 5.74) is -0.0481. The summed E-state index contributed by atoms with van der Waals surface area (Å²) in [6, 6.07) is 1.56. The molecule has 5 nitrogen and oxygen atoms in total. The Kier molecular flexibility index (Phi) is 6.11. The van der Waals surface area contributed by atoms with Gasteiger partial charge in [0.25, 0.3) is 0 Å². The van der Waals surface area contributed by atoms with Gasteiger partial charge in [-0.2, -0.15) is 0 Å². The summed E-state index contributed by atoms with van der Waals surface area (Å²) in [5.74, 6) is 0.340. The summed E-state index contributed by atoms with van der Waals surface area (Å²) in [5, 5.41) is 10.7. The van der Waals surface area contributed by atoms with E-state index in [0.717, 1.165) is 25.7 Å². The number of pyridine rings is 1. The third-order valence-corrected chi connectivity index (χ3v) is 2.80. The Balaban J connectivity index is 0.000000771. The molecule has 0 N–H and O–H groups in total. The Morgan fingerprint density at radius 2 is 2.00 bits per heavy atom. The molecule has 0 spiro atoms. The maximum Gasteiger partial charge on any atom is 0.329 e. The molecule has 0 unspecified atom stereocenters. The van der Waals surface area contributed by atoms with Gasteiger partial charge in [0.1, 0.15) is 6.20 Å². The molecule has 2 rings (SSSR count). The highest BCUT2D eigenvalue weighted by molar-refractivity contribution is 5.43. The molecule has 1 aromatic heterocycles. The molecule has 0 aromatic carbocycles. The van der Waals surface area contributed by atoms with E-state index in [1.165, 1.54) is 18.8 Å². The van der Waals surface area contributed by atoms with Crippen LogP contribution in [0.4, 0.5) is 5.69 Å². The van der Waals surface area contributed by atoms with Crippen LogP contribution in [0.15, 0.2) is 18.5 Å². The molecule has 0 bridgehead atoms. The van der Waals surface area contributed by atoms with Gasteiger partial charge in [0.05, 0.1) is 11.0 Å². The second kappa shape index (κ2) is 7.63. The predicted molar refractivity (Wildman–Crippen MR) is 69.7 cm³/mol. The van der Waals surface area contributed by atoms with Gasteiger partial charge in [-0.1, -0.05) is 20.3 Å². The van der Waals surface area contributed by atoms with Crippen molar-refractivity contribution in [2.24, 2.45) is 0 Å². The zero-order chi connectivity index (χ0) is 13.4. The van der Waals surface area contributed by atoms with Gasteiger partial charge in [0, 0.05) is 12.3 Å². The van der Waals surface area contributed by atoms with E-state index in [9.17, 15) is 10.1 Å². The molecule has 100 valence electrons. The van der Waals surface area contributed by atoms with Gasteiger partial charge in [-0.25, -0.2) is 0 Å². The van der Waals surface area contributed by atoms with Crippen LogP contribution in [0.25, 0.3) is 0 Å². The number of ether oxygens (including phenoxy) is 1. The van der Waals surface area contributed by atoms with E-state index < -0.39 is 4.92 Å². The van der Waals surface area contributed by atoms with Crippen molar-refractivity contribution in [2.75, 3.05) is 0 Å². The van der Waals surface area contributed by atoms with Gasteiger partial charge in [-0.05, 0) is 25.7 Å². The molecule has 1 aliphatic carbocycles. The molecule has 0 aliphatic heterocycles. The lowest BCUT2D eigenvalue weighted by Gasteiger charge is -2.22. The summed E-state index contributed by atoms with van der Waals surface area (Å²) in [7, 11) is 0. The fourth-order valence-corrected chi connectivity index (χ4v) is 1.97. The Morgan fingerprint density at radius 3 is 2.61 bits per heavy atom. The first-order chi connectivity index (χ1) is 8.77. The molecule has 0 amide bonds. The third-order valence-electron chi connectivity index (χ3n) is 2.80. The Hall–Kier alpha value is -1.65. The van der Waals surface area contributed by atoms with E-state index in [1.54, 1.807) is 6.07 Å². The van der Waals surface area contributed by atoms with Gasteiger partial charge in [0.2, 0.25) is 5.75 Å². The Bertz CT molecular complexity index is 376. The zero-order valence-electron chi connectivity index (χ0n) is 11.0. The van der Waals surface area contributed by atoms with Crippen LogP contribution in [-0.2, 0) is 0 Å². The molecular weight excluding hydrogens is 232 g/mol. The van der Waals surface area contributed by atoms with E-state index in [2.05, 4.69) is 4.98 Å². The first kappa shape index (κ1) is 14.4. The molecule has 5 heteroatoms. The Labute approximate surface area is 107 Å². The average molecular weight is 252 g/mol. The van der Waals surface area contributed by atoms with E-state index in [-0.39, 0.29) is 11.8 Å². The second-order valence-corrected chi connectivity index (χ2v) is 3.98. The molecular formula is C13H20N2O3. The lowest BCUT2D eigenvalue weighted by atomic mass is 9.98. The van der Waals surface area contributed by atoms with Crippen molar-refractivity contribution in [3.05, 3.63) is 28.6 Å². The van der Waals surface area contributed by atoms with Crippen LogP contribution in [0, 0.1) is 10.1 Å². The van der Waals surface area contributed by atoms with Crippen LogP contribution in [0.1, 0.15) is 46.0 Å². The highest BCUT2D eigenvalue weighted by Crippen LogP contribution is 2.29. The van der Waals surface area contributed by atoms with Crippen molar-refractivity contribution in [3.8, 4) is 5.75 Å². The van der Waals surface area contributed by atoms with Crippen LogP contribution >= 0.6 is 0 Å². The molecule has 0 radical (unpaired) electrons. The largest absolute Gasteiger partial charge is 0.483 e. The summed E-state index contributed by atoms with van der Waals surface area (Å²) >= 11 is 0. The summed E-state index contributed by atoms with van der Waals surface area (Å²) in [4.78, 5) is 14.0. The van der Waals surface area contributed by atoms with Crippen molar-refractivity contribution in [3.63, 3.8) is 0 Å². The number of nitro groups is 1. The molecule has 1 aliphatic rings. The molecule has 0 atom stereocenters. The van der Waals surface area contributed by atoms with Crippen molar-refractivity contribution in [1.82, 2.24) is 4.98 Å². The molecule has 1 saturated carbocycles. The van der Waals surface area contributed by atoms with Crippen LogP contribution in [-0.4, -0.2) is 16.0 Å². The highest BCUT2D eigenvalue weighted by atomic mass is 16.6. The first-order valence-electron chi connectivity index (χ1n) is 6.52. The van der Waals surface area contributed by atoms with Gasteiger partial charge in [-0.3, -0.25) is 15.1 Å². The first-order valence-corrected chi connectivity index (χ1v) is 6.52. The quantitative estimate of drug-likeness (QED) is 0.607. The van der Waals surface area contributed by atoms with Crippen molar-refractivity contribution in [1.29, 1.82) is 0 Å². The smallest absolute Gasteiger partial charge is 0.329 e. The number of hydrogen-bond donors (Lipinski definition) is 0. The second-order valence-electron chi connectivity index (χ2n) is 3.98. The number of nitrogens with zero attached hydrogens (tertiary/aromatic N) is 2. The maximum atomic E-state index is 10.7. The fraction of sp³-hybridized carbons (Fsp3) is 0.615. The molecule has 18 heavy (non-hydrogen) atoms. The van der Waals surface area contributed by atoms with E-state index >= 15 is 0 Å². The summed E-state index contributed by atoms with van der Waals surface area (Å²) < 4.78 is 5.67. The van der Waals surface area contributed by atoms with E-state index in [0.29, 0.717) is 5.75 Å². The SMILES string of the molecule is CC.O=[N+]([O-])c1cnccc1OC1CCCCC1. The lowest BCUT2D eigenvalue weighted by molar-refractivity contribution is -0.386. The van der Waals surface area contributed by atoms with Crippen molar-refractivity contribution >= 4 is 5.69 Å². The van der Waals surface area contributed by atoms with E-state index in [4.69, 9.17) is 4.74 Å². The van der Waals surface area contributed by atoms with Gasteiger partial charge < -0.3 is 4.74 Å². The van der Waals surface area contributed by atoms with Gasteiger partial charge in [0.15, 0.2) is 0 Å². The fourth-order valence-electron chi connectivity index (χ4n) is 1.97. The maximum absolute atomic E-state index is 10.7. The molecule has 1 heterocycles. The van der Waals surface area contributed by atoms with Crippen LogP contribution in [0.5, 0.6) is 5.75 Å².